The first-order chi connectivity index (χ1) is 24.6. The lowest BCUT2D eigenvalue weighted by atomic mass is 9.72. The van der Waals surface area contributed by atoms with Gasteiger partial charge in [-0.3, -0.25) is 34.1 Å². The first-order valence-electron chi connectivity index (χ1n) is 18.2. The number of carbonyl (C=O) groups excluding carboxylic acids is 4. The molecular formula is C38H46N8O5. The molecule has 5 aliphatic rings. The summed E-state index contributed by atoms with van der Waals surface area (Å²) in [5.41, 5.74) is 12.0. The average molecular weight is 695 g/mol. The summed E-state index contributed by atoms with van der Waals surface area (Å²) in [6, 6.07) is 9.16. The molecule has 13 heteroatoms. The molecule has 2 aromatic carbocycles. The van der Waals surface area contributed by atoms with Crippen LogP contribution in [-0.4, -0.2) is 102 Å². The van der Waals surface area contributed by atoms with E-state index in [4.69, 9.17) is 10.5 Å². The number of benzene rings is 2. The van der Waals surface area contributed by atoms with Gasteiger partial charge in [0.05, 0.1) is 30.1 Å². The number of nitrogens with one attached hydrogen (secondary N) is 1. The largest absolute Gasteiger partial charge is 0.495 e. The van der Waals surface area contributed by atoms with Gasteiger partial charge in [-0.15, -0.1) is 0 Å². The van der Waals surface area contributed by atoms with Crippen molar-refractivity contribution in [3.8, 4) is 16.9 Å². The molecule has 0 bridgehead atoms. The Morgan fingerprint density at radius 1 is 0.882 bits per heavy atom. The first-order valence-corrected chi connectivity index (χ1v) is 18.2. The maximum Gasteiger partial charge on any atom is 0.262 e. The highest BCUT2D eigenvalue weighted by atomic mass is 16.5. The highest BCUT2D eigenvalue weighted by Crippen LogP contribution is 2.44. The molecule has 3 aromatic rings. The Bertz CT molecular complexity index is 1890. The maximum absolute atomic E-state index is 13.5. The predicted molar refractivity (Wildman–Crippen MR) is 193 cm³/mol. The number of fused-ring (bicyclic) bond motifs is 1. The van der Waals surface area contributed by atoms with Crippen molar-refractivity contribution >= 4 is 40.7 Å². The smallest absolute Gasteiger partial charge is 0.262 e. The summed E-state index contributed by atoms with van der Waals surface area (Å²) in [5.74, 6) is -1.20. The molecule has 0 aliphatic carbocycles. The Hall–Kier alpha value is -4.91. The third-order valence-corrected chi connectivity index (χ3v) is 12.0. The third-order valence-electron chi connectivity index (χ3n) is 12.0. The molecule has 1 unspecified atom stereocenters. The number of methoxy groups -OCH3 is 1. The van der Waals surface area contributed by atoms with E-state index in [1.54, 1.807) is 13.2 Å². The maximum atomic E-state index is 13.5. The molecule has 13 nitrogen and oxygen atoms in total. The lowest BCUT2D eigenvalue weighted by Gasteiger charge is -2.50. The highest BCUT2D eigenvalue weighted by Gasteiger charge is 2.45. The van der Waals surface area contributed by atoms with E-state index >= 15 is 0 Å². The summed E-state index contributed by atoms with van der Waals surface area (Å²) in [5, 5.41) is 6.66. The van der Waals surface area contributed by atoms with Crippen LogP contribution in [0.2, 0.25) is 0 Å². The minimum atomic E-state index is -0.959. The quantitative estimate of drug-likeness (QED) is 0.291. The SMILES string of the molecule is COc1cc(N2CCC(N3CCC4(CCCN(c5ccc6c(c5)C(=O)N(C5CCC(=O)NC5=O)C6=O)C4)CC3)CC2)c(-c2cnn(C)c2)cc1N. The Labute approximate surface area is 297 Å². The van der Waals surface area contributed by atoms with E-state index in [0.29, 0.717) is 28.6 Å². The highest BCUT2D eigenvalue weighted by molar-refractivity contribution is 6.23. The Kier molecular flexibility index (Phi) is 8.48. The number of nitrogens with zero attached hydrogens (tertiary/aromatic N) is 6. The van der Waals surface area contributed by atoms with Crippen molar-refractivity contribution in [1.82, 2.24) is 24.9 Å². The number of anilines is 3. The molecular weight excluding hydrogens is 648 g/mol. The fourth-order valence-corrected chi connectivity index (χ4v) is 9.14. The number of carbonyl (C=O) groups is 4. The summed E-state index contributed by atoms with van der Waals surface area (Å²) in [7, 11) is 3.58. The van der Waals surface area contributed by atoms with Gasteiger partial charge in [-0.1, -0.05) is 0 Å². The van der Waals surface area contributed by atoms with E-state index in [9.17, 15) is 19.2 Å². The number of hydrogen-bond acceptors (Lipinski definition) is 10. The van der Waals surface area contributed by atoms with Crippen molar-refractivity contribution in [2.45, 2.75) is 63.5 Å². The molecule has 4 fully saturated rings. The number of ether oxygens (including phenoxy) is 1. The lowest BCUT2D eigenvalue weighted by molar-refractivity contribution is -0.136. The van der Waals surface area contributed by atoms with Crippen LogP contribution in [0, 0.1) is 5.41 Å². The topological polar surface area (TPSA) is 146 Å². The number of imide groups is 2. The fraction of sp³-hybridized carbons (Fsp3) is 0.500. The second-order valence-electron chi connectivity index (χ2n) is 15.0. The van der Waals surface area contributed by atoms with Crippen molar-refractivity contribution in [2.24, 2.45) is 12.5 Å². The normalized spacial score (nSPS) is 22.9. The summed E-state index contributed by atoms with van der Waals surface area (Å²) >= 11 is 0. The molecule has 5 aliphatic heterocycles. The molecule has 3 N–H and O–H groups in total. The molecule has 1 aromatic heterocycles. The minimum absolute atomic E-state index is 0.106. The predicted octanol–water partition coefficient (Wildman–Crippen LogP) is 3.43. The van der Waals surface area contributed by atoms with Crippen LogP contribution < -0.4 is 25.6 Å². The number of piperidine rings is 4. The molecule has 6 heterocycles. The Morgan fingerprint density at radius 2 is 1.65 bits per heavy atom. The number of aryl methyl sites for hydroxylation is 1. The van der Waals surface area contributed by atoms with Crippen LogP contribution in [0.4, 0.5) is 17.1 Å². The summed E-state index contributed by atoms with van der Waals surface area (Å²) < 4.78 is 7.42. The van der Waals surface area contributed by atoms with Crippen LogP contribution in [0.15, 0.2) is 42.7 Å². The molecule has 51 heavy (non-hydrogen) atoms. The Morgan fingerprint density at radius 3 is 2.35 bits per heavy atom. The molecule has 1 spiro atoms. The summed E-state index contributed by atoms with van der Waals surface area (Å²) in [6.45, 7) is 5.90. The van der Waals surface area contributed by atoms with Crippen LogP contribution in [0.1, 0.15) is 72.1 Å². The number of rotatable bonds is 6. The lowest BCUT2D eigenvalue weighted by Crippen LogP contribution is -2.54. The first kappa shape index (κ1) is 33.2. The van der Waals surface area contributed by atoms with E-state index in [0.717, 1.165) is 98.8 Å². The van der Waals surface area contributed by atoms with Crippen molar-refractivity contribution in [2.75, 3.05) is 61.9 Å². The van der Waals surface area contributed by atoms with Crippen LogP contribution in [-0.2, 0) is 16.6 Å². The van der Waals surface area contributed by atoms with E-state index < -0.39 is 23.8 Å². The van der Waals surface area contributed by atoms with Crippen LogP contribution >= 0.6 is 0 Å². The number of nitrogen functional groups attached to an aromatic ring is 1. The van der Waals surface area contributed by atoms with Gasteiger partial charge in [0.1, 0.15) is 11.8 Å². The number of amides is 4. The van der Waals surface area contributed by atoms with Gasteiger partial charge < -0.3 is 25.2 Å². The monoisotopic (exact) mass is 694 g/mol. The molecule has 0 saturated carbocycles. The zero-order valence-electron chi connectivity index (χ0n) is 29.4. The fourth-order valence-electron chi connectivity index (χ4n) is 9.14. The van der Waals surface area contributed by atoms with Gasteiger partial charge in [-0.25, -0.2) is 0 Å². The van der Waals surface area contributed by atoms with Gasteiger partial charge in [0.15, 0.2) is 0 Å². The van der Waals surface area contributed by atoms with Crippen molar-refractivity contribution in [3.63, 3.8) is 0 Å². The standard InChI is InChI=1S/C38H46N8O5/c1-42-22-24(21-40-42)28-19-30(39)33(51-2)20-32(28)44-14-8-25(9-15-44)43-16-11-38(12-17-43)10-3-13-45(23-38)26-4-5-27-29(18-26)37(50)46(36(27)49)31-6-7-34(47)41-35(31)48/h4-5,18-22,25,31H,3,6-17,23,39H2,1-2H3,(H,41,47,48). The van der Waals surface area contributed by atoms with Crippen molar-refractivity contribution in [3.05, 3.63) is 53.9 Å². The summed E-state index contributed by atoms with van der Waals surface area (Å²) in [6.07, 6.45) is 10.9. The zero-order chi connectivity index (χ0) is 35.4. The number of nitrogens with two attached hydrogens (primary N) is 1. The van der Waals surface area contributed by atoms with Crippen LogP contribution in [0.25, 0.3) is 11.1 Å². The van der Waals surface area contributed by atoms with Gasteiger partial charge in [0.25, 0.3) is 11.8 Å². The molecule has 8 rings (SSSR count). The third kappa shape index (κ3) is 6.00. The number of hydrogen-bond donors (Lipinski definition) is 2. The van der Waals surface area contributed by atoms with Gasteiger partial charge in [-0.05, 0) is 87.7 Å². The molecule has 4 saturated heterocycles. The van der Waals surface area contributed by atoms with Crippen molar-refractivity contribution in [1.29, 1.82) is 0 Å². The number of likely N-dealkylation sites (tertiary alicyclic amines) is 1. The van der Waals surface area contributed by atoms with Gasteiger partial charge in [0, 0.05) is 80.5 Å². The van der Waals surface area contributed by atoms with E-state index in [-0.39, 0.29) is 24.2 Å². The van der Waals surface area contributed by atoms with E-state index in [2.05, 4.69) is 31.2 Å². The average Bonchev–Trinajstić information content (AvgIpc) is 3.68. The minimum Gasteiger partial charge on any atom is -0.495 e. The van der Waals surface area contributed by atoms with Gasteiger partial charge in [0.2, 0.25) is 11.8 Å². The zero-order valence-corrected chi connectivity index (χ0v) is 29.4. The molecule has 268 valence electrons. The van der Waals surface area contributed by atoms with Crippen LogP contribution in [0.5, 0.6) is 5.75 Å². The summed E-state index contributed by atoms with van der Waals surface area (Å²) in [4.78, 5) is 59.5. The van der Waals surface area contributed by atoms with Crippen LogP contribution in [0.3, 0.4) is 0 Å². The number of aromatic nitrogens is 2. The second kappa shape index (κ2) is 13.0. The van der Waals surface area contributed by atoms with Gasteiger partial charge >= 0.3 is 0 Å². The van der Waals surface area contributed by atoms with E-state index in [1.165, 1.54) is 6.42 Å². The molecule has 1 atom stereocenters. The van der Waals surface area contributed by atoms with E-state index in [1.807, 2.05) is 42.3 Å². The molecule has 4 amide bonds. The molecule has 0 radical (unpaired) electrons. The van der Waals surface area contributed by atoms with Gasteiger partial charge in [-0.2, -0.15) is 5.10 Å². The van der Waals surface area contributed by atoms with Crippen molar-refractivity contribution < 1.29 is 23.9 Å². The second-order valence-corrected chi connectivity index (χ2v) is 15.0. The Balaban J connectivity index is 0.900.